The molecule has 1 N–H and O–H groups in total. The molecule has 18 heavy (non-hydrogen) atoms. The fourth-order valence-corrected chi connectivity index (χ4v) is 2.44. The van der Waals surface area contributed by atoms with Crippen LogP contribution in [0.5, 0.6) is 0 Å². The van der Waals surface area contributed by atoms with Crippen LogP contribution in [0.25, 0.3) is 11.1 Å². The molecule has 2 heteroatoms. The summed E-state index contributed by atoms with van der Waals surface area (Å²) in [5.41, 5.74) is 1.51. The SMILES string of the molecule is O=C(O)C1=c2ccccc2=C2C=CC=CC2C=C1. The first-order chi connectivity index (χ1) is 8.77. The Morgan fingerprint density at radius 2 is 1.78 bits per heavy atom. The first-order valence-corrected chi connectivity index (χ1v) is 5.87. The molecule has 0 fully saturated rings. The Morgan fingerprint density at radius 3 is 2.56 bits per heavy atom. The molecule has 0 saturated heterocycles. The van der Waals surface area contributed by atoms with Crippen molar-refractivity contribution in [2.75, 3.05) is 0 Å². The maximum atomic E-state index is 11.3. The summed E-state index contributed by atoms with van der Waals surface area (Å²) in [5.74, 6) is -0.723. The van der Waals surface area contributed by atoms with Gasteiger partial charge in [-0.3, -0.25) is 0 Å². The largest absolute Gasteiger partial charge is 0.478 e. The normalized spacial score (nSPS) is 20.3. The van der Waals surface area contributed by atoms with E-state index >= 15 is 0 Å². The van der Waals surface area contributed by atoms with Crippen LogP contribution in [0.3, 0.4) is 0 Å². The van der Waals surface area contributed by atoms with Gasteiger partial charge in [-0.05, 0) is 16.0 Å². The van der Waals surface area contributed by atoms with Crippen molar-refractivity contribution in [1.29, 1.82) is 0 Å². The van der Waals surface area contributed by atoms with Gasteiger partial charge in [0.15, 0.2) is 0 Å². The lowest BCUT2D eigenvalue weighted by atomic mass is 9.93. The number of carboxylic acids is 1. The number of carbonyl (C=O) groups is 1. The topological polar surface area (TPSA) is 37.3 Å². The Balaban J connectivity index is 2.48. The first-order valence-electron chi connectivity index (χ1n) is 5.87. The average Bonchev–Trinajstić information content (AvgIpc) is 2.56. The van der Waals surface area contributed by atoms with Gasteiger partial charge in [0.05, 0.1) is 5.57 Å². The number of aliphatic carboxylic acids is 1. The van der Waals surface area contributed by atoms with Crippen molar-refractivity contribution in [3.63, 3.8) is 0 Å². The van der Waals surface area contributed by atoms with Crippen LogP contribution in [0.2, 0.25) is 0 Å². The molecule has 0 saturated carbocycles. The lowest BCUT2D eigenvalue weighted by molar-refractivity contribution is -0.130. The Morgan fingerprint density at radius 1 is 1.00 bits per heavy atom. The number of allylic oxidation sites excluding steroid dienone is 5. The van der Waals surface area contributed by atoms with E-state index in [9.17, 15) is 9.90 Å². The summed E-state index contributed by atoms with van der Waals surface area (Å²) in [6, 6.07) is 7.67. The van der Waals surface area contributed by atoms with E-state index in [1.807, 2.05) is 42.5 Å². The molecule has 3 rings (SSSR count). The Bertz CT molecular complexity index is 718. The molecule has 2 aliphatic carbocycles. The van der Waals surface area contributed by atoms with E-state index in [0.717, 1.165) is 16.0 Å². The quantitative estimate of drug-likeness (QED) is 0.800. The van der Waals surface area contributed by atoms with E-state index in [1.54, 1.807) is 6.08 Å². The lowest BCUT2D eigenvalue weighted by Crippen LogP contribution is -2.30. The highest BCUT2D eigenvalue weighted by molar-refractivity contribution is 6.13. The van der Waals surface area contributed by atoms with Crippen molar-refractivity contribution in [3.8, 4) is 0 Å². The maximum Gasteiger partial charge on any atom is 0.336 e. The number of rotatable bonds is 1. The molecule has 1 aromatic carbocycles. The molecule has 0 bridgehead atoms. The third-order valence-electron chi connectivity index (χ3n) is 3.29. The zero-order valence-electron chi connectivity index (χ0n) is 9.71. The second-order valence-corrected chi connectivity index (χ2v) is 4.35. The predicted octanol–water partition coefficient (Wildman–Crippen LogP) is 1.38. The minimum absolute atomic E-state index is 0.160. The van der Waals surface area contributed by atoms with Crippen LogP contribution < -0.4 is 10.4 Å². The second kappa shape index (κ2) is 4.15. The van der Waals surface area contributed by atoms with Crippen molar-refractivity contribution >= 4 is 17.1 Å². The van der Waals surface area contributed by atoms with Gasteiger partial charge in [-0.15, -0.1) is 0 Å². The minimum atomic E-state index is -0.883. The summed E-state index contributed by atoms with van der Waals surface area (Å²) in [4.78, 5) is 11.3. The summed E-state index contributed by atoms with van der Waals surface area (Å²) < 4.78 is 0. The molecule has 1 unspecified atom stereocenters. The number of benzene rings is 1. The van der Waals surface area contributed by atoms with Crippen molar-refractivity contribution in [2.45, 2.75) is 0 Å². The van der Waals surface area contributed by atoms with Crippen LogP contribution in [0.15, 0.2) is 60.7 Å². The van der Waals surface area contributed by atoms with E-state index < -0.39 is 5.97 Å². The molecule has 0 amide bonds. The summed E-state index contributed by atoms with van der Waals surface area (Å²) in [5, 5.41) is 11.1. The van der Waals surface area contributed by atoms with Crippen LogP contribution in [-0.2, 0) is 4.79 Å². The molecule has 88 valence electrons. The van der Waals surface area contributed by atoms with E-state index in [2.05, 4.69) is 12.2 Å². The molecule has 0 aromatic heterocycles. The number of hydrogen-bond acceptors (Lipinski definition) is 1. The highest BCUT2D eigenvalue weighted by atomic mass is 16.4. The lowest BCUT2D eigenvalue weighted by Gasteiger charge is -2.11. The highest BCUT2D eigenvalue weighted by Gasteiger charge is 2.15. The Kier molecular flexibility index (Phi) is 2.49. The number of carboxylic acid groups (broad SMARTS) is 1. The maximum absolute atomic E-state index is 11.3. The zero-order chi connectivity index (χ0) is 12.5. The molecule has 0 spiro atoms. The van der Waals surface area contributed by atoms with Gasteiger partial charge in [0, 0.05) is 5.92 Å². The van der Waals surface area contributed by atoms with Crippen molar-refractivity contribution in [1.82, 2.24) is 0 Å². The van der Waals surface area contributed by atoms with Gasteiger partial charge < -0.3 is 5.11 Å². The molecule has 0 aliphatic heterocycles. The van der Waals surface area contributed by atoms with Gasteiger partial charge in [-0.1, -0.05) is 60.7 Å². The Hall–Kier alpha value is -2.35. The standard InChI is InChI=1S/C16H12O2/c17-16(18)15-10-9-11-5-1-2-6-12(11)13-7-3-4-8-14(13)15/h1-11H,(H,17,18). The van der Waals surface area contributed by atoms with Crippen LogP contribution in [0.4, 0.5) is 0 Å². The van der Waals surface area contributed by atoms with E-state index in [4.69, 9.17) is 0 Å². The number of hydrogen-bond donors (Lipinski definition) is 1. The van der Waals surface area contributed by atoms with Gasteiger partial charge >= 0.3 is 5.97 Å². The van der Waals surface area contributed by atoms with Gasteiger partial charge in [0.1, 0.15) is 0 Å². The minimum Gasteiger partial charge on any atom is -0.478 e. The summed E-state index contributed by atoms with van der Waals surface area (Å²) >= 11 is 0. The molecular formula is C16H12O2. The molecule has 1 atom stereocenters. The van der Waals surface area contributed by atoms with Crippen LogP contribution in [0.1, 0.15) is 0 Å². The molecule has 0 radical (unpaired) electrons. The summed E-state index contributed by atoms with van der Waals surface area (Å²) in [6.07, 6.45) is 11.8. The van der Waals surface area contributed by atoms with Crippen LogP contribution in [0, 0.1) is 5.92 Å². The van der Waals surface area contributed by atoms with Gasteiger partial charge in [-0.2, -0.15) is 0 Å². The highest BCUT2D eigenvalue weighted by Crippen LogP contribution is 2.21. The van der Waals surface area contributed by atoms with Gasteiger partial charge in [0.2, 0.25) is 0 Å². The van der Waals surface area contributed by atoms with E-state index in [-0.39, 0.29) is 5.92 Å². The Labute approximate surface area is 105 Å². The smallest absolute Gasteiger partial charge is 0.336 e. The third-order valence-corrected chi connectivity index (χ3v) is 3.29. The van der Waals surface area contributed by atoms with Gasteiger partial charge in [0.25, 0.3) is 0 Å². The summed E-state index contributed by atoms with van der Waals surface area (Å²) in [7, 11) is 0. The third kappa shape index (κ3) is 1.63. The van der Waals surface area contributed by atoms with E-state index in [0.29, 0.717) is 5.57 Å². The first kappa shape index (κ1) is 10.8. The molecular weight excluding hydrogens is 224 g/mol. The predicted molar refractivity (Wildman–Crippen MR) is 71.1 cm³/mol. The fourth-order valence-electron chi connectivity index (χ4n) is 2.44. The van der Waals surface area contributed by atoms with Crippen molar-refractivity contribution in [3.05, 3.63) is 71.2 Å². The van der Waals surface area contributed by atoms with Gasteiger partial charge in [-0.25, -0.2) is 4.79 Å². The fraction of sp³-hybridized carbons (Fsp3) is 0.0625. The van der Waals surface area contributed by atoms with E-state index in [1.165, 1.54) is 0 Å². The van der Waals surface area contributed by atoms with Crippen LogP contribution in [-0.4, -0.2) is 11.1 Å². The molecule has 0 heterocycles. The molecule has 1 aromatic rings. The van der Waals surface area contributed by atoms with Crippen molar-refractivity contribution < 1.29 is 9.90 Å². The molecule has 2 nitrogen and oxygen atoms in total. The monoisotopic (exact) mass is 236 g/mol. The van der Waals surface area contributed by atoms with Crippen molar-refractivity contribution in [2.24, 2.45) is 5.92 Å². The number of fused-ring (bicyclic) bond motifs is 2. The molecule has 2 aliphatic rings. The average molecular weight is 236 g/mol. The summed E-state index contributed by atoms with van der Waals surface area (Å²) in [6.45, 7) is 0. The zero-order valence-corrected chi connectivity index (χ0v) is 9.71. The van der Waals surface area contributed by atoms with Crippen LogP contribution >= 0.6 is 0 Å². The second-order valence-electron chi connectivity index (χ2n) is 4.35.